The number of phenolic OH excluding ortho intramolecular Hbond substituents is 1. The van der Waals surface area contributed by atoms with Crippen molar-refractivity contribution in [1.29, 1.82) is 0 Å². The van der Waals surface area contributed by atoms with Crippen molar-refractivity contribution >= 4 is 0 Å². The Morgan fingerprint density at radius 1 is 0.689 bits per heavy atom. The van der Waals surface area contributed by atoms with Gasteiger partial charge in [0.25, 0.3) is 0 Å². The molecule has 5 rings (SSSR count). The van der Waals surface area contributed by atoms with Gasteiger partial charge < -0.3 is 19.7 Å². The smallest absolute Gasteiger partial charge is 0.167 e. The van der Waals surface area contributed by atoms with Gasteiger partial charge >= 0.3 is 0 Å². The summed E-state index contributed by atoms with van der Waals surface area (Å²) in [5.41, 5.74) is 7.98. The van der Waals surface area contributed by atoms with Crippen LogP contribution in [0.3, 0.4) is 0 Å². The van der Waals surface area contributed by atoms with Crippen molar-refractivity contribution in [2.75, 3.05) is 20.3 Å². The van der Waals surface area contributed by atoms with Gasteiger partial charge in [0.2, 0.25) is 0 Å². The van der Waals surface area contributed by atoms with Crippen LogP contribution in [0.1, 0.15) is 47.2 Å². The Balaban J connectivity index is 1.74. The molecule has 7 heteroatoms. The van der Waals surface area contributed by atoms with E-state index >= 15 is 0 Å². The molecule has 0 saturated carbocycles. The second kappa shape index (κ2) is 13.2. The zero-order valence-corrected chi connectivity index (χ0v) is 27.0. The fraction of sp³-hybridized carbons (Fsp3) is 0.289. The molecule has 1 unspecified atom stereocenters. The van der Waals surface area contributed by atoms with Gasteiger partial charge in [-0.1, -0.05) is 91.7 Å². The second-order valence-corrected chi connectivity index (χ2v) is 12.2. The number of aliphatic hydroxyl groups excluding tert-OH is 1. The summed E-state index contributed by atoms with van der Waals surface area (Å²) in [6.07, 6.45) is -0.825. The molecule has 1 atom stereocenters. The predicted molar refractivity (Wildman–Crippen MR) is 179 cm³/mol. The molecular formula is C38H41N3O4. The number of phenols is 1. The molecule has 1 aromatic heterocycles. The van der Waals surface area contributed by atoms with Gasteiger partial charge in [-0.05, 0) is 50.5 Å². The minimum atomic E-state index is -0.825. The van der Waals surface area contributed by atoms with E-state index in [1.165, 1.54) is 7.11 Å². The van der Waals surface area contributed by atoms with E-state index in [-0.39, 0.29) is 19.0 Å². The topological polar surface area (TPSA) is 97.6 Å². The maximum Gasteiger partial charge on any atom is 0.167 e. The Labute approximate surface area is 265 Å². The standard InChI is InChI=1S/C38H41N3O4/c1-23-13-15-29(25(3)17-23)35-39-36(30-16-14-24(2)18-26(30)4)41-37(40-35)31-19-32(38(5,6)27-11-9-8-10-12-27)34(20-33(31)43)45-22-28(42)21-44-7/h8-20,28,42-43H,21-22H2,1-7H3. The molecule has 0 spiro atoms. The molecular weight excluding hydrogens is 562 g/mol. The molecule has 45 heavy (non-hydrogen) atoms. The van der Waals surface area contributed by atoms with Crippen LogP contribution in [0.25, 0.3) is 34.2 Å². The Morgan fingerprint density at radius 3 is 1.73 bits per heavy atom. The van der Waals surface area contributed by atoms with Crippen molar-refractivity contribution in [1.82, 2.24) is 15.0 Å². The van der Waals surface area contributed by atoms with Crippen LogP contribution in [-0.4, -0.2) is 51.6 Å². The van der Waals surface area contributed by atoms with Crippen LogP contribution in [-0.2, 0) is 10.2 Å². The van der Waals surface area contributed by atoms with Crippen LogP contribution in [0.4, 0.5) is 0 Å². The molecule has 232 valence electrons. The van der Waals surface area contributed by atoms with E-state index in [4.69, 9.17) is 24.4 Å². The van der Waals surface area contributed by atoms with Crippen molar-refractivity contribution in [2.45, 2.75) is 53.1 Å². The Hall–Kier alpha value is -4.59. The molecule has 0 radical (unpaired) electrons. The molecule has 1 heterocycles. The lowest BCUT2D eigenvalue weighted by molar-refractivity contribution is 0.0321. The molecule has 0 aliphatic rings. The van der Waals surface area contributed by atoms with Gasteiger partial charge in [0.15, 0.2) is 17.5 Å². The number of hydrogen-bond acceptors (Lipinski definition) is 7. The lowest BCUT2D eigenvalue weighted by Gasteiger charge is -2.29. The van der Waals surface area contributed by atoms with Gasteiger partial charge in [-0.3, -0.25) is 0 Å². The summed E-state index contributed by atoms with van der Waals surface area (Å²) in [5, 5.41) is 21.9. The summed E-state index contributed by atoms with van der Waals surface area (Å²) < 4.78 is 11.2. The van der Waals surface area contributed by atoms with Crippen molar-refractivity contribution < 1.29 is 19.7 Å². The molecule has 0 saturated heterocycles. The van der Waals surface area contributed by atoms with Crippen molar-refractivity contribution in [3.05, 3.63) is 112 Å². The Morgan fingerprint density at radius 2 is 1.22 bits per heavy atom. The summed E-state index contributed by atoms with van der Waals surface area (Å²) in [6, 6.07) is 26.0. The van der Waals surface area contributed by atoms with Crippen molar-refractivity contribution in [3.8, 4) is 45.7 Å². The van der Waals surface area contributed by atoms with Crippen LogP contribution in [0.2, 0.25) is 0 Å². The number of aromatic hydroxyl groups is 1. The molecule has 7 nitrogen and oxygen atoms in total. The summed E-state index contributed by atoms with van der Waals surface area (Å²) in [7, 11) is 1.53. The van der Waals surface area contributed by atoms with E-state index in [0.717, 1.165) is 44.5 Å². The zero-order valence-electron chi connectivity index (χ0n) is 27.0. The largest absolute Gasteiger partial charge is 0.507 e. The minimum absolute atomic E-state index is 0.00392. The summed E-state index contributed by atoms with van der Waals surface area (Å²) >= 11 is 0. The monoisotopic (exact) mass is 603 g/mol. The summed E-state index contributed by atoms with van der Waals surface area (Å²) in [5.74, 6) is 1.82. The van der Waals surface area contributed by atoms with Gasteiger partial charge in [0.1, 0.15) is 24.2 Å². The third-order valence-electron chi connectivity index (χ3n) is 8.18. The van der Waals surface area contributed by atoms with E-state index in [2.05, 4.69) is 52.0 Å². The van der Waals surface area contributed by atoms with Crippen LogP contribution in [0.5, 0.6) is 11.5 Å². The van der Waals surface area contributed by atoms with Gasteiger partial charge in [0, 0.05) is 35.3 Å². The van der Waals surface area contributed by atoms with Gasteiger partial charge in [-0.15, -0.1) is 0 Å². The fourth-order valence-electron chi connectivity index (χ4n) is 5.66. The van der Waals surface area contributed by atoms with Crippen molar-refractivity contribution in [2.24, 2.45) is 0 Å². The first-order valence-electron chi connectivity index (χ1n) is 15.1. The molecule has 4 aromatic carbocycles. The average Bonchev–Trinajstić information content (AvgIpc) is 3.00. The lowest BCUT2D eigenvalue weighted by Crippen LogP contribution is -2.25. The molecule has 5 aromatic rings. The highest BCUT2D eigenvalue weighted by atomic mass is 16.5. The maximum atomic E-state index is 11.5. The van der Waals surface area contributed by atoms with Crippen molar-refractivity contribution in [3.63, 3.8) is 0 Å². The SMILES string of the molecule is COCC(O)COc1cc(O)c(-c2nc(-c3ccc(C)cc3C)nc(-c3ccc(C)cc3C)n2)cc1C(C)(C)c1ccccc1. The number of aromatic nitrogens is 3. The number of aliphatic hydroxyl groups is 1. The lowest BCUT2D eigenvalue weighted by atomic mass is 9.77. The minimum Gasteiger partial charge on any atom is -0.507 e. The van der Waals surface area contributed by atoms with E-state index in [1.807, 2.05) is 62.4 Å². The van der Waals surface area contributed by atoms with E-state index in [0.29, 0.717) is 28.8 Å². The van der Waals surface area contributed by atoms with Crippen LogP contribution in [0.15, 0.2) is 78.9 Å². The third-order valence-corrected chi connectivity index (χ3v) is 8.18. The second-order valence-electron chi connectivity index (χ2n) is 12.2. The van der Waals surface area contributed by atoms with E-state index in [1.54, 1.807) is 6.07 Å². The summed E-state index contributed by atoms with van der Waals surface area (Å²) in [6.45, 7) is 12.6. The highest BCUT2D eigenvalue weighted by Crippen LogP contribution is 2.43. The number of benzene rings is 4. The van der Waals surface area contributed by atoms with E-state index < -0.39 is 11.5 Å². The quantitative estimate of drug-likeness (QED) is 0.170. The van der Waals surface area contributed by atoms with Crippen LogP contribution >= 0.6 is 0 Å². The average molecular weight is 604 g/mol. The van der Waals surface area contributed by atoms with Gasteiger partial charge in [0.05, 0.1) is 12.2 Å². The highest BCUT2D eigenvalue weighted by molar-refractivity contribution is 5.74. The molecule has 2 N–H and O–H groups in total. The predicted octanol–water partition coefficient (Wildman–Crippen LogP) is 7.52. The zero-order chi connectivity index (χ0) is 32.3. The molecule has 0 amide bonds. The molecule has 0 fully saturated rings. The maximum absolute atomic E-state index is 11.5. The van der Waals surface area contributed by atoms with Gasteiger partial charge in [-0.25, -0.2) is 15.0 Å². The first-order valence-corrected chi connectivity index (χ1v) is 15.1. The number of ether oxygens (including phenoxy) is 2. The first-order chi connectivity index (χ1) is 21.5. The fourth-order valence-corrected chi connectivity index (χ4v) is 5.66. The number of rotatable bonds is 10. The highest BCUT2D eigenvalue weighted by Gasteiger charge is 2.30. The van der Waals surface area contributed by atoms with E-state index in [9.17, 15) is 10.2 Å². The molecule has 0 aliphatic carbocycles. The molecule has 0 bridgehead atoms. The van der Waals surface area contributed by atoms with Gasteiger partial charge in [-0.2, -0.15) is 0 Å². The summed E-state index contributed by atoms with van der Waals surface area (Å²) in [4.78, 5) is 14.8. The Bertz CT molecular complexity index is 1750. The number of hydrogen-bond donors (Lipinski definition) is 2. The van der Waals surface area contributed by atoms with Crippen LogP contribution < -0.4 is 4.74 Å². The number of methoxy groups -OCH3 is 1. The number of aryl methyl sites for hydroxylation is 4. The molecule has 0 aliphatic heterocycles. The normalized spacial score (nSPS) is 12.3. The Kier molecular flexibility index (Phi) is 9.32. The first kappa shape index (κ1) is 31.8. The number of nitrogens with zero attached hydrogens (tertiary/aromatic N) is 3. The van der Waals surface area contributed by atoms with Crippen LogP contribution in [0, 0.1) is 27.7 Å². The third kappa shape index (κ3) is 6.90.